The second kappa shape index (κ2) is 10.1. The molecule has 0 bridgehead atoms. The highest BCUT2D eigenvalue weighted by Crippen LogP contribution is 2.47. The SMILES string of the molecule is CCOC(=O)C1=C(C)NC2=CC(c3ccc(OC)c(OC)c3)CC(=O)C2C1c1cccc(Br)c1. The van der Waals surface area contributed by atoms with E-state index in [9.17, 15) is 9.59 Å². The van der Waals surface area contributed by atoms with Crippen LogP contribution in [-0.2, 0) is 14.3 Å². The molecule has 1 aliphatic heterocycles. The number of ketones is 1. The van der Waals surface area contributed by atoms with E-state index in [0.29, 0.717) is 29.2 Å². The van der Waals surface area contributed by atoms with Crippen molar-refractivity contribution in [2.24, 2.45) is 5.92 Å². The maximum atomic E-state index is 13.7. The zero-order chi connectivity index (χ0) is 24.4. The molecule has 0 saturated carbocycles. The number of Topliss-reactive ketones (excluding diaryl/α,β-unsaturated/α-hetero) is 1. The predicted molar refractivity (Wildman–Crippen MR) is 133 cm³/mol. The van der Waals surface area contributed by atoms with E-state index in [1.165, 1.54) is 0 Å². The quantitative estimate of drug-likeness (QED) is 0.519. The monoisotopic (exact) mass is 525 g/mol. The van der Waals surface area contributed by atoms with Crippen LogP contribution in [0.25, 0.3) is 0 Å². The summed E-state index contributed by atoms with van der Waals surface area (Å²) < 4.78 is 17.1. The van der Waals surface area contributed by atoms with Gasteiger partial charge in [0.05, 0.1) is 32.3 Å². The standard InChI is InChI=1S/C27H28BrNO5/c1-5-34-27(31)24-15(2)29-20-12-18(16-9-10-22(32-3)23(14-16)33-4)13-21(30)26(20)25(24)17-7-6-8-19(28)11-17/h6-12,14,18,25-26,29H,5,13H2,1-4H3. The van der Waals surface area contributed by atoms with Gasteiger partial charge in [-0.2, -0.15) is 0 Å². The maximum Gasteiger partial charge on any atom is 0.336 e. The Kier molecular flexibility index (Phi) is 7.12. The van der Waals surface area contributed by atoms with Crippen molar-refractivity contribution in [2.45, 2.75) is 32.1 Å². The molecule has 0 amide bonds. The number of methoxy groups -OCH3 is 2. The number of hydrogen-bond donors (Lipinski definition) is 1. The summed E-state index contributed by atoms with van der Waals surface area (Å²) in [6.07, 6.45) is 2.43. The molecule has 6 nitrogen and oxygen atoms in total. The lowest BCUT2D eigenvalue weighted by Gasteiger charge is -2.39. The van der Waals surface area contributed by atoms with E-state index >= 15 is 0 Å². The Morgan fingerprint density at radius 1 is 1.06 bits per heavy atom. The minimum Gasteiger partial charge on any atom is -0.493 e. The summed E-state index contributed by atoms with van der Waals surface area (Å²) in [6.45, 7) is 3.91. The first-order chi connectivity index (χ1) is 16.4. The minimum absolute atomic E-state index is 0.0732. The summed E-state index contributed by atoms with van der Waals surface area (Å²) in [4.78, 5) is 26.7. The van der Waals surface area contributed by atoms with Crippen LogP contribution < -0.4 is 14.8 Å². The van der Waals surface area contributed by atoms with E-state index in [-0.39, 0.29) is 18.3 Å². The van der Waals surface area contributed by atoms with Crippen LogP contribution in [0.5, 0.6) is 11.5 Å². The fourth-order valence-corrected chi connectivity index (χ4v) is 5.33. The fourth-order valence-electron chi connectivity index (χ4n) is 4.91. The fraction of sp³-hybridized carbons (Fsp3) is 0.333. The largest absolute Gasteiger partial charge is 0.493 e. The molecule has 7 heteroatoms. The van der Waals surface area contributed by atoms with Crippen molar-refractivity contribution >= 4 is 27.7 Å². The predicted octanol–water partition coefficient (Wildman–Crippen LogP) is 5.25. The number of hydrogen-bond acceptors (Lipinski definition) is 6. The molecule has 4 rings (SSSR count). The molecule has 0 radical (unpaired) electrons. The van der Waals surface area contributed by atoms with E-state index in [2.05, 4.69) is 27.3 Å². The van der Waals surface area contributed by atoms with E-state index < -0.39 is 17.8 Å². The lowest BCUT2D eigenvalue weighted by molar-refractivity contribution is -0.139. The summed E-state index contributed by atoms with van der Waals surface area (Å²) in [5.41, 5.74) is 3.88. The van der Waals surface area contributed by atoms with E-state index in [4.69, 9.17) is 14.2 Å². The molecule has 0 saturated heterocycles. The highest BCUT2D eigenvalue weighted by molar-refractivity contribution is 9.10. The van der Waals surface area contributed by atoms with Crippen LogP contribution in [0.2, 0.25) is 0 Å². The average molecular weight is 526 g/mol. The molecule has 0 fully saturated rings. The molecule has 0 spiro atoms. The van der Waals surface area contributed by atoms with Gasteiger partial charge in [0.2, 0.25) is 0 Å². The molecule has 34 heavy (non-hydrogen) atoms. The smallest absolute Gasteiger partial charge is 0.336 e. The Morgan fingerprint density at radius 2 is 1.82 bits per heavy atom. The van der Waals surface area contributed by atoms with Crippen molar-refractivity contribution in [1.82, 2.24) is 5.32 Å². The van der Waals surface area contributed by atoms with Gasteiger partial charge in [0.15, 0.2) is 11.5 Å². The highest BCUT2D eigenvalue weighted by atomic mass is 79.9. The molecule has 3 unspecified atom stereocenters. The Balaban J connectivity index is 1.81. The van der Waals surface area contributed by atoms with Crippen molar-refractivity contribution in [3.63, 3.8) is 0 Å². The van der Waals surface area contributed by atoms with Gasteiger partial charge in [-0.15, -0.1) is 0 Å². The lowest BCUT2D eigenvalue weighted by Crippen LogP contribution is -2.42. The summed E-state index contributed by atoms with van der Waals surface area (Å²) >= 11 is 3.53. The molecule has 1 heterocycles. The van der Waals surface area contributed by atoms with E-state index in [1.807, 2.05) is 49.4 Å². The highest BCUT2D eigenvalue weighted by Gasteiger charge is 2.45. The summed E-state index contributed by atoms with van der Waals surface area (Å²) in [6, 6.07) is 13.5. The van der Waals surface area contributed by atoms with Crippen LogP contribution >= 0.6 is 15.9 Å². The normalized spacial score (nSPS) is 21.9. The molecule has 178 valence electrons. The van der Waals surface area contributed by atoms with Crippen molar-refractivity contribution in [3.8, 4) is 11.5 Å². The van der Waals surface area contributed by atoms with E-state index in [1.54, 1.807) is 21.1 Å². The maximum absolute atomic E-state index is 13.7. The van der Waals surface area contributed by atoms with Gasteiger partial charge in [-0.1, -0.05) is 40.2 Å². The summed E-state index contributed by atoms with van der Waals surface area (Å²) in [5.74, 6) is -0.0993. The number of carbonyl (C=O) groups excluding carboxylic acids is 2. The Labute approximate surface area is 208 Å². The third-order valence-corrected chi connectivity index (χ3v) is 6.90. The molecule has 3 atom stereocenters. The topological polar surface area (TPSA) is 73.9 Å². The van der Waals surface area contributed by atoms with Gasteiger partial charge in [0.1, 0.15) is 5.78 Å². The first kappa shape index (κ1) is 24.1. The van der Waals surface area contributed by atoms with Crippen LogP contribution in [0, 0.1) is 5.92 Å². The van der Waals surface area contributed by atoms with Gasteiger partial charge in [-0.25, -0.2) is 4.79 Å². The lowest BCUT2D eigenvalue weighted by atomic mass is 9.68. The molecule has 2 aromatic rings. The van der Waals surface area contributed by atoms with Crippen molar-refractivity contribution < 1.29 is 23.8 Å². The number of halogens is 1. The molecule has 1 N–H and O–H groups in total. The van der Waals surface area contributed by atoms with Crippen LogP contribution in [0.15, 0.2) is 70.0 Å². The average Bonchev–Trinajstić information content (AvgIpc) is 2.82. The van der Waals surface area contributed by atoms with Crippen LogP contribution in [0.4, 0.5) is 0 Å². The Morgan fingerprint density at radius 3 is 2.50 bits per heavy atom. The van der Waals surface area contributed by atoms with Gasteiger partial charge in [-0.05, 0) is 49.2 Å². The number of fused-ring (bicyclic) bond motifs is 1. The summed E-state index contributed by atoms with van der Waals surface area (Å²) in [7, 11) is 3.19. The van der Waals surface area contributed by atoms with Crippen LogP contribution in [-0.4, -0.2) is 32.6 Å². The van der Waals surface area contributed by atoms with E-state index in [0.717, 1.165) is 21.3 Å². The van der Waals surface area contributed by atoms with Crippen molar-refractivity contribution in [1.29, 1.82) is 0 Å². The number of ether oxygens (including phenoxy) is 3. The summed E-state index contributed by atoms with van der Waals surface area (Å²) in [5, 5.41) is 3.35. The molecule has 0 aromatic heterocycles. The number of allylic oxidation sites excluding steroid dienone is 3. The van der Waals surface area contributed by atoms with Crippen molar-refractivity contribution in [2.75, 3.05) is 20.8 Å². The Bertz CT molecular complexity index is 1190. The second-order valence-electron chi connectivity index (χ2n) is 8.41. The number of benzene rings is 2. The first-order valence-corrected chi connectivity index (χ1v) is 12.0. The van der Waals surface area contributed by atoms with Gasteiger partial charge in [0, 0.05) is 34.1 Å². The molecular weight excluding hydrogens is 498 g/mol. The van der Waals surface area contributed by atoms with Gasteiger partial charge in [0.25, 0.3) is 0 Å². The Hall–Kier alpha value is -3.06. The zero-order valence-corrected chi connectivity index (χ0v) is 21.3. The number of rotatable bonds is 6. The molecule has 1 aliphatic carbocycles. The van der Waals surface area contributed by atoms with Crippen LogP contribution in [0.3, 0.4) is 0 Å². The second-order valence-corrected chi connectivity index (χ2v) is 9.32. The number of esters is 1. The third-order valence-electron chi connectivity index (χ3n) is 6.40. The third kappa shape index (κ3) is 4.49. The molecule has 2 aromatic carbocycles. The molecule has 2 aliphatic rings. The molecular formula is C27H28BrNO5. The van der Waals surface area contributed by atoms with Crippen molar-refractivity contribution in [3.05, 3.63) is 81.1 Å². The minimum atomic E-state index is -0.492. The first-order valence-electron chi connectivity index (χ1n) is 11.2. The van der Waals surface area contributed by atoms with Gasteiger partial charge in [-0.3, -0.25) is 4.79 Å². The van der Waals surface area contributed by atoms with Gasteiger partial charge < -0.3 is 19.5 Å². The number of nitrogens with one attached hydrogen (secondary N) is 1. The zero-order valence-electron chi connectivity index (χ0n) is 19.7. The number of carbonyl (C=O) groups is 2. The van der Waals surface area contributed by atoms with Gasteiger partial charge >= 0.3 is 5.97 Å². The van der Waals surface area contributed by atoms with Crippen LogP contribution in [0.1, 0.15) is 43.2 Å².